The van der Waals surface area contributed by atoms with Crippen molar-refractivity contribution in [3.05, 3.63) is 47.8 Å². The van der Waals surface area contributed by atoms with Gasteiger partial charge < -0.3 is 4.74 Å². The summed E-state index contributed by atoms with van der Waals surface area (Å²) in [6, 6.07) is 10.1. The molecule has 1 fully saturated rings. The van der Waals surface area contributed by atoms with Crippen LogP contribution in [0.5, 0.6) is 0 Å². The minimum atomic E-state index is -2.36. The fourth-order valence-corrected chi connectivity index (χ4v) is 2.55. The molecule has 0 spiro atoms. The lowest BCUT2D eigenvalue weighted by molar-refractivity contribution is -0.144. The van der Waals surface area contributed by atoms with Crippen molar-refractivity contribution >= 4 is 5.97 Å². The van der Waals surface area contributed by atoms with E-state index in [0.29, 0.717) is 5.92 Å². The quantitative estimate of drug-likeness (QED) is 0.753. The Hall–Kier alpha value is -1.82. The lowest BCUT2D eigenvalue weighted by atomic mass is 9.99. The summed E-state index contributed by atoms with van der Waals surface area (Å²) in [6.45, 7) is 1.28. The van der Waals surface area contributed by atoms with Crippen LogP contribution in [-0.4, -0.2) is 37.1 Å². The summed E-state index contributed by atoms with van der Waals surface area (Å²) < 4.78 is 41.0. The Balaban J connectivity index is 1.71. The van der Waals surface area contributed by atoms with Crippen LogP contribution in [0.4, 0.5) is 13.2 Å². The van der Waals surface area contributed by atoms with Crippen LogP contribution in [0.15, 0.2) is 42.2 Å². The fourth-order valence-electron chi connectivity index (χ4n) is 2.55. The highest BCUT2D eigenvalue weighted by atomic mass is 19.3. The molecule has 22 heavy (non-hydrogen) atoms. The number of hydrogen-bond donors (Lipinski definition) is 0. The molecule has 0 aromatic heterocycles. The van der Waals surface area contributed by atoms with Crippen molar-refractivity contribution in [3.8, 4) is 0 Å². The van der Waals surface area contributed by atoms with Gasteiger partial charge in [0.25, 0.3) is 0 Å². The van der Waals surface area contributed by atoms with E-state index in [-0.39, 0.29) is 13.2 Å². The van der Waals surface area contributed by atoms with Gasteiger partial charge in [0, 0.05) is 13.0 Å². The van der Waals surface area contributed by atoms with Crippen molar-refractivity contribution in [3.63, 3.8) is 0 Å². The molecule has 6 heteroatoms. The van der Waals surface area contributed by atoms with E-state index >= 15 is 0 Å². The maximum Gasteiger partial charge on any atom is 0.320 e. The summed E-state index contributed by atoms with van der Waals surface area (Å²) in [7, 11) is 0. The Morgan fingerprint density at radius 2 is 1.95 bits per heavy atom. The molecule has 1 aliphatic rings. The van der Waals surface area contributed by atoms with E-state index in [9.17, 15) is 18.0 Å². The van der Waals surface area contributed by atoms with Crippen LogP contribution in [0.3, 0.4) is 0 Å². The first kappa shape index (κ1) is 16.5. The Morgan fingerprint density at radius 1 is 1.23 bits per heavy atom. The summed E-state index contributed by atoms with van der Waals surface area (Å²) in [6.07, 6.45) is -1.98. The lowest BCUT2D eigenvalue weighted by Gasteiger charge is -2.15. The normalized spacial score (nSPS) is 18.2. The zero-order valence-corrected chi connectivity index (χ0v) is 12.1. The van der Waals surface area contributed by atoms with Crippen LogP contribution in [0.25, 0.3) is 0 Å². The first-order valence-electron chi connectivity index (χ1n) is 7.19. The molecule has 2 rings (SSSR count). The largest absolute Gasteiger partial charge is 0.464 e. The van der Waals surface area contributed by atoms with Gasteiger partial charge in [0.1, 0.15) is 0 Å². The fraction of sp³-hybridized carbons (Fsp3) is 0.438. The predicted octanol–water partition coefficient (Wildman–Crippen LogP) is 3.49. The zero-order chi connectivity index (χ0) is 15.9. The summed E-state index contributed by atoms with van der Waals surface area (Å²) >= 11 is 0. The first-order chi connectivity index (χ1) is 10.6. The molecule has 0 amide bonds. The average Bonchev–Trinajstić information content (AvgIpc) is 2.96. The van der Waals surface area contributed by atoms with Crippen LogP contribution in [0.2, 0.25) is 0 Å². The first-order valence-corrected chi connectivity index (χ1v) is 7.19. The number of hydrogen-bond acceptors (Lipinski definition) is 3. The lowest BCUT2D eigenvalue weighted by Crippen LogP contribution is -2.29. The Kier molecular flexibility index (Phi) is 6.00. The van der Waals surface area contributed by atoms with Crippen molar-refractivity contribution in [2.45, 2.75) is 18.8 Å². The molecule has 1 unspecified atom stereocenters. The number of nitrogens with zero attached hydrogens (tertiary/aromatic N) is 1. The highest BCUT2D eigenvalue weighted by Crippen LogP contribution is 2.26. The molecule has 0 radical (unpaired) electrons. The molecular formula is C16H18F3NO2. The maximum absolute atomic E-state index is 12.5. The van der Waals surface area contributed by atoms with Gasteiger partial charge in [-0.05, 0) is 24.4 Å². The Labute approximate surface area is 127 Å². The second kappa shape index (κ2) is 7.98. The number of carbonyl (C=O) groups excluding carboxylic acids is 1. The summed E-state index contributed by atoms with van der Waals surface area (Å²) in [5.41, 5.74) is 1.24. The molecular weight excluding hydrogens is 295 g/mol. The van der Waals surface area contributed by atoms with Crippen LogP contribution >= 0.6 is 0 Å². The van der Waals surface area contributed by atoms with E-state index in [2.05, 4.69) is 12.1 Å². The van der Waals surface area contributed by atoms with Crippen molar-refractivity contribution in [2.75, 3.05) is 26.2 Å². The predicted molar refractivity (Wildman–Crippen MR) is 76.2 cm³/mol. The number of ether oxygens (including phenoxy) is 1. The van der Waals surface area contributed by atoms with Crippen molar-refractivity contribution in [2.24, 2.45) is 0 Å². The number of carbonyl (C=O) groups is 1. The van der Waals surface area contributed by atoms with Crippen molar-refractivity contribution in [1.82, 2.24) is 4.90 Å². The number of halogens is 3. The number of likely N-dealkylation sites (tertiary alicyclic amines) is 1. The molecule has 1 aromatic carbocycles. The summed E-state index contributed by atoms with van der Waals surface area (Å²) in [5.74, 6) is -1.66. The Morgan fingerprint density at radius 3 is 2.64 bits per heavy atom. The van der Waals surface area contributed by atoms with Gasteiger partial charge in [0.15, 0.2) is 5.83 Å². The third-order valence-corrected chi connectivity index (χ3v) is 3.69. The van der Waals surface area contributed by atoms with E-state index in [0.717, 1.165) is 19.5 Å². The second-order valence-electron chi connectivity index (χ2n) is 5.27. The molecule has 1 saturated heterocycles. The monoisotopic (exact) mass is 313 g/mol. The minimum absolute atomic E-state index is 0.104. The van der Waals surface area contributed by atoms with Gasteiger partial charge in [-0.25, -0.2) is 4.39 Å². The van der Waals surface area contributed by atoms with Crippen LogP contribution < -0.4 is 0 Å². The molecule has 3 nitrogen and oxygen atoms in total. The van der Waals surface area contributed by atoms with E-state index in [1.54, 1.807) is 0 Å². The minimum Gasteiger partial charge on any atom is -0.464 e. The molecule has 0 aliphatic carbocycles. The van der Waals surface area contributed by atoms with Gasteiger partial charge in [0.05, 0.1) is 13.2 Å². The third-order valence-electron chi connectivity index (χ3n) is 3.69. The molecule has 0 N–H and O–H groups in total. The molecule has 1 aliphatic heterocycles. The van der Waals surface area contributed by atoms with Gasteiger partial charge in [-0.15, -0.1) is 0 Å². The SMILES string of the molecule is O=C(CN1CCC(c2ccccc2)C1)OCCC(F)=C(F)F. The number of rotatable bonds is 6. The summed E-state index contributed by atoms with van der Waals surface area (Å²) in [5, 5.41) is 0. The number of esters is 1. The molecule has 0 bridgehead atoms. The third kappa shape index (κ3) is 4.87. The van der Waals surface area contributed by atoms with Crippen LogP contribution in [0.1, 0.15) is 24.3 Å². The van der Waals surface area contributed by atoms with Gasteiger partial charge in [0.2, 0.25) is 0 Å². The van der Waals surface area contributed by atoms with Gasteiger partial charge >= 0.3 is 12.0 Å². The maximum atomic E-state index is 12.5. The standard InChI is InChI=1S/C16H18F3NO2/c17-14(16(18)19)7-9-22-15(21)11-20-8-6-13(10-20)12-4-2-1-3-5-12/h1-5,13H,6-11H2. The van der Waals surface area contributed by atoms with Gasteiger partial charge in [-0.3, -0.25) is 9.69 Å². The molecule has 1 atom stereocenters. The highest BCUT2D eigenvalue weighted by molar-refractivity contribution is 5.71. The van der Waals surface area contributed by atoms with E-state index in [4.69, 9.17) is 4.74 Å². The van der Waals surface area contributed by atoms with Gasteiger partial charge in [-0.1, -0.05) is 30.3 Å². The van der Waals surface area contributed by atoms with E-state index in [1.807, 2.05) is 23.1 Å². The van der Waals surface area contributed by atoms with Crippen LogP contribution in [0, 0.1) is 0 Å². The molecule has 1 heterocycles. The van der Waals surface area contributed by atoms with Crippen molar-refractivity contribution in [1.29, 1.82) is 0 Å². The zero-order valence-electron chi connectivity index (χ0n) is 12.1. The number of benzene rings is 1. The highest BCUT2D eigenvalue weighted by Gasteiger charge is 2.25. The molecule has 0 saturated carbocycles. The molecule has 1 aromatic rings. The summed E-state index contributed by atoms with van der Waals surface area (Å²) in [4.78, 5) is 13.6. The molecule has 120 valence electrons. The average molecular weight is 313 g/mol. The van der Waals surface area contributed by atoms with Crippen molar-refractivity contribution < 1.29 is 22.7 Å². The second-order valence-corrected chi connectivity index (χ2v) is 5.27. The van der Waals surface area contributed by atoms with Gasteiger partial charge in [-0.2, -0.15) is 8.78 Å². The van der Waals surface area contributed by atoms with Crippen LogP contribution in [-0.2, 0) is 9.53 Å². The topological polar surface area (TPSA) is 29.5 Å². The smallest absolute Gasteiger partial charge is 0.320 e. The van der Waals surface area contributed by atoms with E-state index in [1.165, 1.54) is 5.56 Å². The Bertz CT molecular complexity index is 529. The van der Waals surface area contributed by atoms with E-state index < -0.39 is 24.3 Å².